The predicted octanol–water partition coefficient (Wildman–Crippen LogP) is 4.27. The molecule has 0 N–H and O–H groups in total. The Hall–Kier alpha value is -2.44. The minimum atomic E-state index is -4.83. The van der Waals surface area contributed by atoms with E-state index in [0.717, 1.165) is 29.8 Å². The molecule has 0 bridgehead atoms. The molecule has 0 unspecified atom stereocenters. The number of alkyl halides is 3. The third-order valence-electron chi connectivity index (χ3n) is 4.72. The van der Waals surface area contributed by atoms with Gasteiger partial charge in [-0.05, 0) is 48.6 Å². The molecular formula is C18H16F3N3O4S2. The minimum absolute atomic E-state index is 0.0566. The second-order valence-corrected chi connectivity index (χ2v) is 9.38. The molecule has 1 saturated heterocycles. The second-order valence-electron chi connectivity index (χ2n) is 6.67. The number of rotatable bonds is 5. The maximum atomic E-state index is 12.8. The van der Waals surface area contributed by atoms with Crippen LogP contribution in [0.3, 0.4) is 0 Å². The van der Waals surface area contributed by atoms with Gasteiger partial charge in [0.2, 0.25) is 21.7 Å². The van der Waals surface area contributed by atoms with Gasteiger partial charge in [0.05, 0.1) is 4.90 Å². The number of aromatic nitrogens is 2. The van der Waals surface area contributed by atoms with Crippen molar-refractivity contribution >= 4 is 21.4 Å². The molecule has 1 fully saturated rings. The molecule has 30 heavy (non-hydrogen) atoms. The highest BCUT2D eigenvalue weighted by molar-refractivity contribution is 7.89. The fourth-order valence-corrected chi connectivity index (χ4v) is 5.32. The van der Waals surface area contributed by atoms with E-state index < -0.39 is 22.1 Å². The Morgan fingerprint density at radius 3 is 2.43 bits per heavy atom. The molecule has 0 radical (unpaired) electrons. The highest BCUT2D eigenvalue weighted by Gasteiger charge is 2.33. The van der Waals surface area contributed by atoms with E-state index >= 15 is 0 Å². The summed E-state index contributed by atoms with van der Waals surface area (Å²) in [7, 11) is -3.83. The summed E-state index contributed by atoms with van der Waals surface area (Å²) in [4.78, 5) is 4.33. The molecule has 2 aromatic heterocycles. The van der Waals surface area contributed by atoms with Crippen LogP contribution in [0.2, 0.25) is 0 Å². The van der Waals surface area contributed by atoms with Crippen molar-refractivity contribution in [2.75, 3.05) is 13.1 Å². The quantitative estimate of drug-likeness (QED) is 0.567. The number of benzene rings is 1. The monoisotopic (exact) mass is 459 g/mol. The van der Waals surface area contributed by atoms with Crippen LogP contribution >= 0.6 is 11.3 Å². The molecule has 0 atom stereocenters. The van der Waals surface area contributed by atoms with Crippen LogP contribution in [0.1, 0.15) is 24.7 Å². The van der Waals surface area contributed by atoms with Crippen LogP contribution in [0.25, 0.3) is 11.4 Å². The van der Waals surface area contributed by atoms with Gasteiger partial charge in [-0.3, -0.25) is 0 Å². The van der Waals surface area contributed by atoms with E-state index in [1.165, 1.54) is 15.6 Å². The first-order chi connectivity index (χ1) is 14.2. The molecule has 3 aromatic rings. The zero-order chi connectivity index (χ0) is 21.4. The number of ether oxygens (including phenoxy) is 1. The van der Waals surface area contributed by atoms with Gasteiger partial charge in [0, 0.05) is 30.0 Å². The largest absolute Gasteiger partial charge is 0.573 e. The van der Waals surface area contributed by atoms with E-state index in [0.29, 0.717) is 24.6 Å². The van der Waals surface area contributed by atoms with Crippen LogP contribution < -0.4 is 4.74 Å². The normalized spacial score (nSPS) is 16.6. The van der Waals surface area contributed by atoms with Gasteiger partial charge in [0.25, 0.3) is 0 Å². The molecule has 3 heterocycles. The summed E-state index contributed by atoms with van der Waals surface area (Å²) in [6.07, 6.45) is -3.83. The summed E-state index contributed by atoms with van der Waals surface area (Å²) in [5.41, 5.74) is 0.868. The fourth-order valence-electron chi connectivity index (χ4n) is 3.22. The van der Waals surface area contributed by atoms with E-state index in [2.05, 4.69) is 14.9 Å². The van der Waals surface area contributed by atoms with E-state index in [-0.39, 0.29) is 23.9 Å². The Bertz CT molecular complexity index is 1090. The van der Waals surface area contributed by atoms with Crippen LogP contribution in [0.15, 0.2) is 50.5 Å². The van der Waals surface area contributed by atoms with Crippen LogP contribution in [-0.4, -0.2) is 42.3 Å². The molecule has 1 aromatic carbocycles. The molecule has 0 aliphatic carbocycles. The number of thiophene rings is 1. The topological polar surface area (TPSA) is 85.5 Å². The van der Waals surface area contributed by atoms with Crippen LogP contribution in [0.5, 0.6) is 5.75 Å². The SMILES string of the molecule is O=S(=O)(c1ccc(OC(F)(F)F)cc1)N1CCC(c2nc(-c3ccsc3)no2)CC1. The highest BCUT2D eigenvalue weighted by Crippen LogP contribution is 2.32. The highest BCUT2D eigenvalue weighted by atomic mass is 32.2. The third kappa shape index (κ3) is 4.50. The fraction of sp³-hybridized carbons (Fsp3) is 0.333. The van der Waals surface area contributed by atoms with Crippen molar-refractivity contribution in [1.29, 1.82) is 0 Å². The average molecular weight is 459 g/mol. The lowest BCUT2D eigenvalue weighted by molar-refractivity contribution is -0.274. The molecule has 4 rings (SSSR count). The number of halogens is 3. The standard InChI is InChI=1S/C18H16F3N3O4S2/c19-18(20,21)27-14-1-3-15(4-2-14)30(25,26)24-8-5-12(6-9-24)17-22-16(23-28-17)13-7-10-29-11-13/h1-4,7,10-12H,5-6,8-9H2. The lowest BCUT2D eigenvalue weighted by Crippen LogP contribution is -2.37. The molecule has 12 heteroatoms. The van der Waals surface area contributed by atoms with E-state index in [1.807, 2.05) is 16.8 Å². The molecule has 0 spiro atoms. The molecule has 160 valence electrons. The molecular weight excluding hydrogens is 443 g/mol. The van der Waals surface area contributed by atoms with Gasteiger partial charge in [-0.1, -0.05) is 5.16 Å². The van der Waals surface area contributed by atoms with Gasteiger partial charge >= 0.3 is 6.36 Å². The predicted molar refractivity (Wildman–Crippen MR) is 101 cm³/mol. The Kier molecular flexibility index (Phi) is 5.55. The van der Waals surface area contributed by atoms with Gasteiger partial charge in [-0.25, -0.2) is 8.42 Å². The Balaban J connectivity index is 1.40. The summed E-state index contributed by atoms with van der Waals surface area (Å²) in [5, 5.41) is 7.80. The molecule has 0 saturated carbocycles. The molecule has 0 amide bonds. The number of hydrogen-bond donors (Lipinski definition) is 0. The van der Waals surface area contributed by atoms with Crippen molar-refractivity contribution in [3.8, 4) is 17.1 Å². The molecule has 1 aliphatic heterocycles. The van der Waals surface area contributed by atoms with E-state index in [9.17, 15) is 21.6 Å². The van der Waals surface area contributed by atoms with Crippen LogP contribution in [0.4, 0.5) is 13.2 Å². The van der Waals surface area contributed by atoms with Gasteiger partial charge in [0.1, 0.15) is 5.75 Å². The first-order valence-electron chi connectivity index (χ1n) is 8.94. The van der Waals surface area contributed by atoms with Crippen LogP contribution in [-0.2, 0) is 10.0 Å². The minimum Gasteiger partial charge on any atom is -0.406 e. The Morgan fingerprint density at radius 2 is 1.83 bits per heavy atom. The van der Waals surface area contributed by atoms with E-state index in [1.54, 1.807) is 0 Å². The summed E-state index contributed by atoms with van der Waals surface area (Å²) in [6, 6.07) is 6.07. The van der Waals surface area contributed by atoms with Gasteiger partial charge in [-0.2, -0.15) is 20.6 Å². The number of nitrogens with zero attached hydrogens (tertiary/aromatic N) is 3. The second kappa shape index (κ2) is 8.00. The summed E-state index contributed by atoms with van der Waals surface area (Å²) >= 11 is 1.53. The van der Waals surface area contributed by atoms with Crippen molar-refractivity contribution in [3.05, 3.63) is 47.0 Å². The lowest BCUT2D eigenvalue weighted by atomic mass is 9.98. The number of sulfonamides is 1. The number of piperidine rings is 1. The lowest BCUT2D eigenvalue weighted by Gasteiger charge is -2.29. The van der Waals surface area contributed by atoms with Crippen molar-refractivity contribution in [3.63, 3.8) is 0 Å². The Labute approximate surface area is 174 Å². The average Bonchev–Trinajstić information content (AvgIpc) is 3.39. The smallest absolute Gasteiger partial charge is 0.406 e. The Morgan fingerprint density at radius 1 is 1.13 bits per heavy atom. The third-order valence-corrected chi connectivity index (χ3v) is 7.32. The van der Waals surface area contributed by atoms with Gasteiger partial charge < -0.3 is 9.26 Å². The summed E-state index contributed by atoms with van der Waals surface area (Å²) < 4.78 is 72.8. The first-order valence-corrected chi connectivity index (χ1v) is 11.3. The van der Waals surface area contributed by atoms with Crippen molar-refractivity contribution in [2.24, 2.45) is 0 Å². The van der Waals surface area contributed by atoms with Crippen LogP contribution in [0, 0.1) is 0 Å². The molecule has 1 aliphatic rings. The summed E-state index contributed by atoms with van der Waals surface area (Å²) in [6.45, 7) is 0.480. The maximum Gasteiger partial charge on any atom is 0.573 e. The summed E-state index contributed by atoms with van der Waals surface area (Å²) in [5.74, 6) is 0.446. The first kappa shape index (κ1) is 20.8. The van der Waals surface area contributed by atoms with Gasteiger partial charge in [0.15, 0.2) is 0 Å². The zero-order valence-electron chi connectivity index (χ0n) is 15.4. The van der Waals surface area contributed by atoms with Crippen molar-refractivity contribution < 1.29 is 30.8 Å². The maximum absolute atomic E-state index is 12.8. The van der Waals surface area contributed by atoms with Crippen molar-refractivity contribution in [2.45, 2.75) is 30.0 Å². The molecule has 7 nitrogen and oxygen atoms in total. The number of hydrogen-bond acceptors (Lipinski definition) is 7. The van der Waals surface area contributed by atoms with Gasteiger partial charge in [-0.15, -0.1) is 13.2 Å². The zero-order valence-corrected chi connectivity index (χ0v) is 17.0. The van der Waals surface area contributed by atoms with Crippen molar-refractivity contribution in [1.82, 2.24) is 14.4 Å². The van der Waals surface area contributed by atoms with E-state index in [4.69, 9.17) is 4.52 Å².